The Morgan fingerprint density at radius 3 is 1.95 bits per heavy atom. The smallest absolute Gasteiger partial charge is 0.0361 e. The van der Waals surface area contributed by atoms with E-state index in [2.05, 4.69) is 30.7 Å². The van der Waals surface area contributed by atoms with Gasteiger partial charge in [0.05, 0.1) is 0 Å². The molecule has 0 spiro atoms. The molecule has 3 heterocycles. The number of nitrogens with two attached hydrogens (primary N) is 1. The highest BCUT2D eigenvalue weighted by molar-refractivity contribution is 5.07. The Labute approximate surface area is 131 Å². The summed E-state index contributed by atoms with van der Waals surface area (Å²) in [5, 5.41) is 0. The molecule has 21 heavy (non-hydrogen) atoms. The van der Waals surface area contributed by atoms with Crippen LogP contribution in [0.15, 0.2) is 0 Å². The number of fused-ring (bicyclic) bond motifs is 2. The molecule has 3 rings (SSSR count). The van der Waals surface area contributed by atoms with E-state index < -0.39 is 0 Å². The monoisotopic (exact) mass is 293 g/mol. The second-order valence-electron chi connectivity index (χ2n) is 8.08. The molecule has 2 unspecified atom stereocenters. The first kappa shape index (κ1) is 15.8. The molecule has 3 saturated heterocycles. The van der Waals surface area contributed by atoms with Gasteiger partial charge in [-0.25, -0.2) is 0 Å². The molecule has 2 bridgehead atoms. The van der Waals surface area contributed by atoms with Gasteiger partial charge in [0, 0.05) is 24.2 Å². The van der Waals surface area contributed by atoms with Crippen LogP contribution in [0.1, 0.15) is 65.2 Å². The fourth-order valence-corrected chi connectivity index (χ4v) is 5.51. The van der Waals surface area contributed by atoms with Crippen molar-refractivity contribution in [3.8, 4) is 0 Å². The van der Waals surface area contributed by atoms with Gasteiger partial charge in [-0.1, -0.05) is 26.7 Å². The van der Waals surface area contributed by atoms with Gasteiger partial charge in [-0.05, 0) is 64.1 Å². The summed E-state index contributed by atoms with van der Waals surface area (Å²) in [5.74, 6) is 0. The standard InChI is InChI=1S/C18H35N3/c1-4-17(5-2)8-10-21(11-9-17)18(14-19)12-15-6-7-16(13-18)20(15)3/h15-16H,4-14,19H2,1-3H3. The highest BCUT2D eigenvalue weighted by atomic mass is 15.3. The van der Waals surface area contributed by atoms with Crippen molar-refractivity contribution in [1.82, 2.24) is 9.80 Å². The molecular weight excluding hydrogens is 258 g/mol. The zero-order valence-electron chi connectivity index (χ0n) is 14.4. The van der Waals surface area contributed by atoms with E-state index in [1.54, 1.807) is 0 Å². The van der Waals surface area contributed by atoms with Gasteiger partial charge in [-0.3, -0.25) is 4.90 Å². The highest BCUT2D eigenvalue weighted by Gasteiger charge is 2.50. The summed E-state index contributed by atoms with van der Waals surface area (Å²) in [6.07, 6.45) is 10.9. The Bertz CT molecular complexity index is 339. The molecule has 0 aromatic heterocycles. The van der Waals surface area contributed by atoms with E-state index in [-0.39, 0.29) is 0 Å². The summed E-state index contributed by atoms with van der Waals surface area (Å²) < 4.78 is 0. The first-order valence-corrected chi connectivity index (χ1v) is 9.25. The largest absolute Gasteiger partial charge is 0.329 e. The second-order valence-corrected chi connectivity index (χ2v) is 8.08. The lowest BCUT2D eigenvalue weighted by Gasteiger charge is -2.54. The first-order chi connectivity index (χ1) is 10.1. The van der Waals surface area contributed by atoms with Gasteiger partial charge in [-0.15, -0.1) is 0 Å². The van der Waals surface area contributed by atoms with E-state index in [1.807, 2.05) is 0 Å². The molecule has 3 heteroatoms. The Kier molecular flexibility index (Phi) is 4.37. The van der Waals surface area contributed by atoms with E-state index in [0.717, 1.165) is 18.6 Å². The summed E-state index contributed by atoms with van der Waals surface area (Å²) in [7, 11) is 2.33. The van der Waals surface area contributed by atoms with Gasteiger partial charge in [0.2, 0.25) is 0 Å². The number of nitrogens with zero attached hydrogens (tertiary/aromatic N) is 2. The third-order valence-corrected chi connectivity index (χ3v) is 7.59. The van der Waals surface area contributed by atoms with Crippen LogP contribution in [-0.4, -0.2) is 54.1 Å². The lowest BCUT2D eigenvalue weighted by atomic mass is 9.72. The van der Waals surface area contributed by atoms with E-state index in [9.17, 15) is 0 Å². The SMILES string of the molecule is CCC1(CC)CCN(C2(CN)CC3CCC(C2)N3C)CC1. The highest BCUT2D eigenvalue weighted by Crippen LogP contribution is 2.46. The predicted octanol–water partition coefficient (Wildman–Crippen LogP) is 2.84. The van der Waals surface area contributed by atoms with Crippen LogP contribution < -0.4 is 5.73 Å². The predicted molar refractivity (Wildman–Crippen MR) is 89.4 cm³/mol. The number of rotatable bonds is 4. The van der Waals surface area contributed by atoms with Crippen molar-refractivity contribution in [2.75, 3.05) is 26.7 Å². The second kappa shape index (κ2) is 5.82. The van der Waals surface area contributed by atoms with Crippen LogP contribution in [0, 0.1) is 5.41 Å². The molecule has 3 nitrogen and oxygen atoms in total. The molecule has 0 amide bonds. The average Bonchev–Trinajstić information content (AvgIpc) is 2.77. The quantitative estimate of drug-likeness (QED) is 0.865. The summed E-state index contributed by atoms with van der Waals surface area (Å²) in [4.78, 5) is 5.44. The van der Waals surface area contributed by atoms with Crippen LogP contribution in [0.3, 0.4) is 0 Å². The minimum Gasteiger partial charge on any atom is -0.329 e. The lowest BCUT2D eigenvalue weighted by molar-refractivity contribution is -0.0350. The Morgan fingerprint density at radius 1 is 1.00 bits per heavy atom. The van der Waals surface area contributed by atoms with Gasteiger partial charge in [0.25, 0.3) is 0 Å². The molecule has 3 fully saturated rings. The zero-order valence-corrected chi connectivity index (χ0v) is 14.4. The van der Waals surface area contributed by atoms with Crippen molar-refractivity contribution < 1.29 is 0 Å². The molecular formula is C18H35N3. The van der Waals surface area contributed by atoms with Crippen molar-refractivity contribution in [3.63, 3.8) is 0 Å². The molecule has 0 saturated carbocycles. The Balaban J connectivity index is 1.71. The van der Waals surface area contributed by atoms with Crippen LogP contribution in [0.2, 0.25) is 0 Å². The molecule has 0 aromatic carbocycles. The van der Waals surface area contributed by atoms with E-state index in [0.29, 0.717) is 11.0 Å². The van der Waals surface area contributed by atoms with E-state index >= 15 is 0 Å². The van der Waals surface area contributed by atoms with Crippen molar-refractivity contribution in [2.45, 2.75) is 82.8 Å². The van der Waals surface area contributed by atoms with E-state index in [4.69, 9.17) is 5.73 Å². The minimum absolute atomic E-state index is 0.311. The van der Waals surface area contributed by atoms with Crippen molar-refractivity contribution >= 4 is 0 Å². The molecule has 0 aliphatic carbocycles. The summed E-state index contributed by atoms with van der Waals surface area (Å²) in [6.45, 7) is 8.18. The van der Waals surface area contributed by atoms with Crippen LogP contribution in [-0.2, 0) is 0 Å². The Hall–Kier alpha value is -0.120. The minimum atomic E-state index is 0.311. The molecule has 3 aliphatic heterocycles. The summed E-state index contributed by atoms with van der Waals surface area (Å²) in [6, 6.07) is 1.58. The fraction of sp³-hybridized carbons (Fsp3) is 1.00. The van der Waals surface area contributed by atoms with Gasteiger partial charge >= 0.3 is 0 Å². The number of piperidine rings is 2. The van der Waals surface area contributed by atoms with Crippen molar-refractivity contribution in [2.24, 2.45) is 11.1 Å². The molecule has 2 N–H and O–H groups in total. The number of hydrogen-bond donors (Lipinski definition) is 1. The third kappa shape index (κ3) is 2.55. The number of likely N-dealkylation sites (tertiary alicyclic amines) is 1. The Morgan fingerprint density at radius 2 is 1.52 bits per heavy atom. The normalized spacial score (nSPS) is 40.6. The van der Waals surface area contributed by atoms with E-state index in [1.165, 1.54) is 64.5 Å². The molecule has 0 aromatic rings. The maximum absolute atomic E-state index is 6.34. The summed E-state index contributed by atoms with van der Waals surface area (Å²) >= 11 is 0. The first-order valence-electron chi connectivity index (χ1n) is 9.25. The fourth-order valence-electron chi connectivity index (χ4n) is 5.51. The summed E-state index contributed by atoms with van der Waals surface area (Å²) in [5.41, 5.74) is 7.27. The van der Waals surface area contributed by atoms with Crippen LogP contribution in [0.4, 0.5) is 0 Å². The molecule has 0 radical (unpaired) electrons. The average molecular weight is 293 g/mol. The molecule has 3 aliphatic rings. The number of hydrogen-bond acceptors (Lipinski definition) is 3. The maximum Gasteiger partial charge on any atom is 0.0361 e. The lowest BCUT2D eigenvalue weighted by Crippen LogP contribution is -2.63. The van der Waals surface area contributed by atoms with Gasteiger partial charge in [-0.2, -0.15) is 0 Å². The third-order valence-electron chi connectivity index (χ3n) is 7.59. The van der Waals surface area contributed by atoms with Gasteiger partial charge < -0.3 is 10.6 Å². The van der Waals surface area contributed by atoms with Crippen LogP contribution >= 0.6 is 0 Å². The maximum atomic E-state index is 6.34. The topological polar surface area (TPSA) is 32.5 Å². The van der Waals surface area contributed by atoms with Crippen LogP contribution in [0.5, 0.6) is 0 Å². The molecule has 2 atom stereocenters. The zero-order chi connectivity index (χ0) is 15.1. The van der Waals surface area contributed by atoms with Gasteiger partial charge in [0.1, 0.15) is 0 Å². The van der Waals surface area contributed by atoms with Crippen LogP contribution in [0.25, 0.3) is 0 Å². The van der Waals surface area contributed by atoms with Crippen molar-refractivity contribution in [1.29, 1.82) is 0 Å². The molecule has 122 valence electrons. The van der Waals surface area contributed by atoms with Crippen molar-refractivity contribution in [3.05, 3.63) is 0 Å². The van der Waals surface area contributed by atoms with Gasteiger partial charge in [0.15, 0.2) is 0 Å².